The van der Waals surface area contributed by atoms with Gasteiger partial charge in [0.2, 0.25) is 0 Å². The van der Waals surface area contributed by atoms with Crippen molar-refractivity contribution in [3.8, 4) is 6.07 Å². The first-order valence-electron chi connectivity index (χ1n) is 6.64. The maximum Gasteiger partial charge on any atom is 0.192 e. The zero-order valence-corrected chi connectivity index (χ0v) is 13.3. The molecule has 5 heteroatoms. The first-order chi connectivity index (χ1) is 9.92. The molecule has 0 radical (unpaired) electrons. The summed E-state index contributed by atoms with van der Waals surface area (Å²) in [6.07, 6.45) is -0.604. The average molecular weight is 299 g/mol. The van der Waals surface area contributed by atoms with Gasteiger partial charge in [-0.2, -0.15) is 5.26 Å². The van der Waals surface area contributed by atoms with E-state index in [4.69, 9.17) is 5.26 Å². The molecule has 1 heterocycles. The van der Waals surface area contributed by atoms with Crippen molar-refractivity contribution < 1.29 is 5.11 Å². The fraction of sp³-hybridized carbons (Fsp3) is 0.312. The number of aliphatic hydroxyl groups is 1. The summed E-state index contributed by atoms with van der Waals surface area (Å²) in [5.41, 5.74) is 4.31. The van der Waals surface area contributed by atoms with Crippen molar-refractivity contribution >= 4 is 11.8 Å². The highest BCUT2D eigenvalue weighted by Gasteiger charge is 2.13. The van der Waals surface area contributed by atoms with E-state index in [9.17, 15) is 5.11 Å². The van der Waals surface area contributed by atoms with E-state index >= 15 is 0 Å². The Balaban J connectivity index is 2.45. The number of nitrogens with zero attached hydrogens (tertiary/aromatic N) is 3. The number of aromatic nitrogens is 2. The number of rotatable bonds is 3. The van der Waals surface area contributed by atoms with Crippen LogP contribution in [0.3, 0.4) is 0 Å². The Labute approximate surface area is 128 Å². The maximum atomic E-state index is 9.86. The van der Waals surface area contributed by atoms with Crippen LogP contribution < -0.4 is 0 Å². The van der Waals surface area contributed by atoms with Gasteiger partial charge in [0.05, 0.1) is 17.7 Å². The SMILES string of the molecule is Cc1nc(Sc2cc(C#N)ccc2[C@H](C)O)nc(C)c1C. The van der Waals surface area contributed by atoms with Crippen LogP contribution in [0, 0.1) is 32.1 Å². The molecule has 2 rings (SSSR count). The van der Waals surface area contributed by atoms with Gasteiger partial charge in [0.15, 0.2) is 5.16 Å². The summed E-state index contributed by atoms with van der Waals surface area (Å²) in [5.74, 6) is 0. The van der Waals surface area contributed by atoms with Gasteiger partial charge in [0, 0.05) is 16.3 Å². The normalized spacial score (nSPS) is 12.0. The van der Waals surface area contributed by atoms with Gasteiger partial charge in [-0.3, -0.25) is 0 Å². The minimum Gasteiger partial charge on any atom is -0.389 e. The lowest BCUT2D eigenvalue weighted by molar-refractivity contribution is 0.196. The summed E-state index contributed by atoms with van der Waals surface area (Å²) in [6.45, 7) is 7.61. The summed E-state index contributed by atoms with van der Waals surface area (Å²) in [5, 5.41) is 19.5. The second-order valence-corrected chi connectivity index (χ2v) is 5.95. The topological polar surface area (TPSA) is 69.8 Å². The van der Waals surface area contributed by atoms with Crippen LogP contribution in [0.1, 0.15) is 41.1 Å². The fourth-order valence-electron chi connectivity index (χ4n) is 1.92. The second kappa shape index (κ2) is 6.25. The fourth-order valence-corrected chi connectivity index (χ4v) is 3.03. The molecule has 21 heavy (non-hydrogen) atoms. The Morgan fingerprint density at radius 3 is 2.33 bits per heavy atom. The largest absolute Gasteiger partial charge is 0.389 e. The smallest absolute Gasteiger partial charge is 0.192 e. The Morgan fingerprint density at radius 1 is 1.19 bits per heavy atom. The molecular formula is C16H17N3OS. The third kappa shape index (κ3) is 3.41. The molecule has 2 aromatic rings. The van der Waals surface area contributed by atoms with Gasteiger partial charge in [-0.05, 0) is 62.7 Å². The average Bonchev–Trinajstić information content (AvgIpc) is 2.44. The zero-order chi connectivity index (χ0) is 15.6. The molecule has 1 atom stereocenters. The predicted octanol–water partition coefficient (Wildman–Crippen LogP) is 3.48. The molecule has 0 aliphatic rings. The van der Waals surface area contributed by atoms with Gasteiger partial charge in [0.1, 0.15) is 0 Å². The van der Waals surface area contributed by atoms with Gasteiger partial charge in [0.25, 0.3) is 0 Å². The Kier molecular flexibility index (Phi) is 4.61. The van der Waals surface area contributed by atoms with Gasteiger partial charge in [-0.15, -0.1) is 0 Å². The summed E-state index contributed by atoms with van der Waals surface area (Å²) >= 11 is 1.38. The number of aliphatic hydroxyl groups excluding tert-OH is 1. The van der Waals surface area contributed by atoms with E-state index in [1.165, 1.54) is 11.8 Å². The van der Waals surface area contributed by atoms with E-state index < -0.39 is 6.10 Å². The van der Waals surface area contributed by atoms with Crippen LogP contribution in [-0.4, -0.2) is 15.1 Å². The lowest BCUT2D eigenvalue weighted by Gasteiger charge is -2.12. The van der Waals surface area contributed by atoms with E-state index in [1.54, 1.807) is 25.1 Å². The predicted molar refractivity (Wildman–Crippen MR) is 82.2 cm³/mol. The summed E-state index contributed by atoms with van der Waals surface area (Å²) < 4.78 is 0. The lowest BCUT2D eigenvalue weighted by Crippen LogP contribution is -2.00. The number of benzene rings is 1. The molecule has 0 saturated heterocycles. The first-order valence-corrected chi connectivity index (χ1v) is 7.46. The standard InChI is InChI=1S/C16H17N3OS/c1-9-10(2)18-16(19-11(9)3)21-15-7-13(8-17)5-6-14(15)12(4)20/h5-7,12,20H,1-4H3/t12-/m0/s1. The number of hydrogen-bond acceptors (Lipinski definition) is 5. The Morgan fingerprint density at radius 2 is 1.81 bits per heavy atom. The minimum atomic E-state index is -0.604. The zero-order valence-electron chi connectivity index (χ0n) is 12.5. The van der Waals surface area contributed by atoms with Crippen LogP contribution in [-0.2, 0) is 0 Å². The van der Waals surface area contributed by atoms with Gasteiger partial charge < -0.3 is 5.11 Å². The van der Waals surface area contributed by atoms with Crippen LogP contribution in [0.15, 0.2) is 28.3 Å². The van der Waals surface area contributed by atoms with Crippen molar-refractivity contribution in [2.75, 3.05) is 0 Å². The molecule has 1 aromatic heterocycles. The lowest BCUT2D eigenvalue weighted by atomic mass is 10.1. The van der Waals surface area contributed by atoms with Crippen molar-refractivity contribution in [2.24, 2.45) is 0 Å². The first kappa shape index (κ1) is 15.5. The van der Waals surface area contributed by atoms with E-state index in [-0.39, 0.29) is 0 Å². The molecule has 0 fully saturated rings. The van der Waals surface area contributed by atoms with E-state index in [0.29, 0.717) is 10.7 Å². The Hall–Kier alpha value is -1.90. The highest BCUT2D eigenvalue weighted by molar-refractivity contribution is 7.99. The van der Waals surface area contributed by atoms with Crippen LogP contribution in [0.5, 0.6) is 0 Å². The van der Waals surface area contributed by atoms with Gasteiger partial charge in [-0.25, -0.2) is 9.97 Å². The van der Waals surface area contributed by atoms with Crippen molar-refractivity contribution in [1.29, 1.82) is 5.26 Å². The van der Waals surface area contributed by atoms with Crippen LogP contribution >= 0.6 is 11.8 Å². The van der Waals surface area contributed by atoms with Crippen LogP contribution in [0.4, 0.5) is 0 Å². The maximum absolute atomic E-state index is 9.86. The van der Waals surface area contributed by atoms with Gasteiger partial charge >= 0.3 is 0 Å². The molecular weight excluding hydrogens is 282 g/mol. The molecule has 1 aromatic carbocycles. The highest BCUT2D eigenvalue weighted by atomic mass is 32.2. The second-order valence-electron chi connectivity index (χ2n) is 4.94. The summed E-state index contributed by atoms with van der Waals surface area (Å²) in [4.78, 5) is 9.76. The molecule has 108 valence electrons. The van der Waals surface area contributed by atoms with Crippen molar-refractivity contribution in [3.63, 3.8) is 0 Å². The molecule has 0 saturated carbocycles. The molecule has 0 spiro atoms. The van der Waals surface area contributed by atoms with E-state index in [2.05, 4.69) is 16.0 Å². The van der Waals surface area contributed by atoms with Crippen molar-refractivity contribution in [1.82, 2.24) is 9.97 Å². The quantitative estimate of drug-likeness (QED) is 0.879. The number of nitriles is 1. The monoisotopic (exact) mass is 299 g/mol. The highest BCUT2D eigenvalue weighted by Crippen LogP contribution is 2.32. The molecule has 1 N–H and O–H groups in total. The number of hydrogen-bond donors (Lipinski definition) is 1. The molecule has 0 amide bonds. The molecule has 4 nitrogen and oxygen atoms in total. The molecule has 0 bridgehead atoms. The third-order valence-corrected chi connectivity index (χ3v) is 4.34. The molecule has 0 aliphatic heterocycles. The summed E-state index contributed by atoms with van der Waals surface area (Å²) in [7, 11) is 0. The van der Waals surface area contributed by atoms with Crippen LogP contribution in [0.2, 0.25) is 0 Å². The number of aryl methyl sites for hydroxylation is 2. The third-order valence-electron chi connectivity index (χ3n) is 3.41. The van der Waals surface area contributed by atoms with Gasteiger partial charge in [-0.1, -0.05) is 6.07 Å². The Bertz CT molecular complexity index is 697. The molecule has 0 aliphatic carbocycles. The minimum absolute atomic E-state index is 0.558. The summed E-state index contributed by atoms with van der Waals surface area (Å²) in [6, 6.07) is 7.36. The van der Waals surface area contributed by atoms with Crippen molar-refractivity contribution in [3.05, 3.63) is 46.3 Å². The van der Waals surface area contributed by atoms with E-state index in [0.717, 1.165) is 27.4 Å². The van der Waals surface area contributed by atoms with E-state index in [1.807, 2.05) is 20.8 Å². The van der Waals surface area contributed by atoms with Crippen LogP contribution in [0.25, 0.3) is 0 Å². The molecule has 0 unspecified atom stereocenters. The van der Waals surface area contributed by atoms with Crippen molar-refractivity contribution in [2.45, 2.75) is 43.9 Å².